The minimum absolute atomic E-state index is 0.0191. The zero-order chi connectivity index (χ0) is 14.3. The van der Waals surface area contributed by atoms with Crippen molar-refractivity contribution in [3.8, 4) is 5.75 Å². The molecule has 2 fully saturated rings. The van der Waals surface area contributed by atoms with Gasteiger partial charge in [-0.05, 0) is 42.9 Å². The molecule has 0 aromatic heterocycles. The summed E-state index contributed by atoms with van der Waals surface area (Å²) in [4.78, 5) is 24.0. The number of rotatable bonds is 3. The van der Waals surface area contributed by atoms with Gasteiger partial charge in [-0.25, -0.2) is 4.79 Å². The lowest BCUT2D eigenvalue weighted by Crippen LogP contribution is -2.20. The summed E-state index contributed by atoms with van der Waals surface area (Å²) in [6, 6.07) is 5.37. The van der Waals surface area contributed by atoms with Crippen molar-refractivity contribution in [3.05, 3.63) is 29.3 Å². The molecule has 3 atom stereocenters. The number of ether oxygens (including phenoxy) is 2. The van der Waals surface area contributed by atoms with Crippen molar-refractivity contribution in [2.24, 2.45) is 11.8 Å². The lowest BCUT2D eigenvalue weighted by Gasteiger charge is -2.21. The number of benzene rings is 1. The average molecular weight is 274 g/mol. The zero-order valence-corrected chi connectivity index (χ0v) is 11.7. The number of hydrogen-bond acceptors (Lipinski definition) is 4. The highest BCUT2D eigenvalue weighted by atomic mass is 16.5. The molecule has 2 bridgehead atoms. The van der Waals surface area contributed by atoms with E-state index in [1.165, 1.54) is 14.2 Å². The van der Waals surface area contributed by atoms with E-state index in [0.717, 1.165) is 24.8 Å². The number of methoxy groups -OCH3 is 2. The minimum atomic E-state index is -0.423. The van der Waals surface area contributed by atoms with Crippen LogP contribution < -0.4 is 4.74 Å². The highest BCUT2D eigenvalue weighted by Gasteiger charge is 2.47. The van der Waals surface area contributed by atoms with Gasteiger partial charge >= 0.3 is 5.97 Å². The smallest absolute Gasteiger partial charge is 0.341 e. The lowest BCUT2D eigenvalue weighted by atomic mass is 9.82. The van der Waals surface area contributed by atoms with Crippen molar-refractivity contribution in [3.63, 3.8) is 0 Å². The maximum absolute atomic E-state index is 12.3. The van der Waals surface area contributed by atoms with Gasteiger partial charge in [-0.15, -0.1) is 0 Å². The summed E-state index contributed by atoms with van der Waals surface area (Å²) in [6.07, 6.45) is 3.18. The monoisotopic (exact) mass is 274 g/mol. The van der Waals surface area contributed by atoms with Gasteiger partial charge in [0.25, 0.3) is 0 Å². The van der Waals surface area contributed by atoms with Crippen LogP contribution in [0.4, 0.5) is 0 Å². The maximum atomic E-state index is 12.3. The van der Waals surface area contributed by atoms with Gasteiger partial charge in [-0.3, -0.25) is 4.79 Å². The second-order valence-corrected chi connectivity index (χ2v) is 5.60. The summed E-state index contributed by atoms with van der Waals surface area (Å²) in [5, 5.41) is 0. The Hall–Kier alpha value is -1.84. The van der Waals surface area contributed by atoms with Gasteiger partial charge in [-0.2, -0.15) is 0 Å². The summed E-state index contributed by atoms with van der Waals surface area (Å²) in [5.41, 5.74) is 1.36. The molecule has 1 unspecified atom stereocenters. The molecule has 1 aromatic rings. The molecule has 3 rings (SSSR count). The van der Waals surface area contributed by atoms with Crippen molar-refractivity contribution in [2.75, 3.05) is 14.2 Å². The Balaban J connectivity index is 1.96. The molecule has 0 saturated heterocycles. The molecular weight excluding hydrogens is 256 g/mol. The van der Waals surface area contributed by atoms with E-state index in [9.17, 15) is 9.59 Å². The fourth-order valence-corrected chi connectivity index (χ4v) is 3.68. The predicted molar refractivity (Wildman–Crippen MR) is 72.9 cm³/mol. The third-order valence-corrected chi connectivity index (χ3v) is 4.64. The summed E-state index contributed by atoms with van der Waals surface area (Å²) in [7, 11) is 2.86. The number of ketones is 1. The van der Waals surface area contributed by atoms with Gasteiger partial charge in [0.15, 0.2) is 0 Å². The summed E-state index contributed by atoms with van der Waals surface area (Å²) in [6.45, 7) is 0. The van der Waals surface area contributed by atoms with Crippen molar-refractivity contribution >= 4 is 11.8 Å². The molecule has 2 saturated carbocycles. The van der Waals surface area contributed by atoms with E-state index in [1.807, 2.05) is 12.1 Å². The molecule has 0 radical (unpaired) electrons. The number of esters is 1. The number of Topliss-reactive ketones (excluding diaryl/α,β-unsaturated/α-hetero) is 1. The SMILES string of the molecule is COC(=O)c1ccc(C2C(=O)[C@@H]3CC[C@H]2C3)cc1OC. The standard InChI is InChI=1S/C16H18O4/c1-19-13-8-10(5-6-12(13)16(18)20-2)14-9-3-4-11(7-9)15(14)17/h5-6,8-9,11,14H,3-4,7H2,1-2H3/t9-,11+,14?/m0/s1. The van der Waals surface area contributed by atoms with E-state index in [1.54, 1.807) is 6.07 Å². The number of carbonyl (C=O) groups is 2. The first-order chi connectivity index (χ1) is 9.65. The first-order valence-electron chi connectivity index (χ1n) is 6.95. The first-order valence-corrected chi connectivity index (χ1v) is 6.95. The van der Waals surface area contributed by atoms with E-state index in [2.05, 4.69) is 0 Å². The van der Waals surface area contributed by atoms with Gasteiger partial charge < -0.3 is 9.47 Å². The van der Waals surface area contributed by atoms with Crippen LogP contribution in [0.5, 0.6) is 5.75 Å². The van der Waals surface area contributed by atoms with Crippen molar-refractivity contribution < 1.29 is 19.1 Å². The Kier molecular flexibility index (Phi) is 3.24. The van der Waals surface area contributed by atoms with Crippen molar-refractivity contribution in [1.82, 2.24) is 0 Å². The third-order valence-electron chi connectivity index (χ3n) is 4.64. The van der Waals surface area contributed by atoms with Gasteiger partial charge in [0, 0.05) is 11.8 Å². The second-order valence-electron chi connectivity index (χ2n) is 5.60. The van der Waals surface area contributed by atoms with Crippen LogP contribution in [0.15, 0.2) is 18.2 Å². The molecule has 1 aromatic carbocycles. The zero-order valence-electron chi connectivity index (χ0n) is 11.7. The topological polar surface area (TPSA) is 52.6 Å². The average Bonchev–Trinajstić information content (AvgIpc) is 3.06. The predicted octanol–water partition coefficient (Wildman–Crippen LogP) is 2.56. The van der Waals surface area contributed by atoms with E-state index < -0.39 is 5.97 Å². The number of hydrogen-bond donors (Lipinski definition) is 0. The van der Waals surface area contributed by atoms with Crippen LogP contribution in [0.2, 0.25) is 0 Å². The van der Waals surface area contributed by atoms with Gasteiger partial charge in [0.1, 0.15) is 17.1 Å². The molecular formula is C16H18O4. The summed E-state index contributed by atoms with van der Waals surface area (Å²) in [5.74, 6) is 1.10. The van der Waals surface area contributed by atoms with Gasteiger partial charge in [0.05, 0.1) is 14.2 Å². The molecule has 2 aliphatic carbocycles. The Morgan fingerprint density at radius 1 is 1.25 bits per heavy atom. The molecule has 0 aliphatic heterocycles. The molecule has 4 heteroatoms. The highest BCUT2D eigenvalue weighted by molar-refractivity contribution is 5.94. The van der Waals surface area contributed by atoms with Gasteiger partial charge in [0.2, 0.25) is 0 Å². The quantitative estimate of drug-likeness (QED) is 0.795. The fraction of sp³-hybridized carbons (Fsp3) is 0.500. The molecule has 0 spiro atoms. The number of fused-ring (bicyclic) bond motifs is 2. The van der Waals surface area contributed by atoms with Crippen LogP contribution >= 0.6 is 0 Å². The maximum Gasteiger partial charge on any atom is 0.341 e. The Morgan fingerprint density at radius 2 is 2.05 bits per heavy atom. The molecule has 106 valence electrons. The Bertz CT molecular complexity index is 564. The molecule has 2 aliphatic rings. The molecule has 0 amide bonds. The second kappa shape index (κ2) is 4.93. The normalized spacial score (nSPS) is 27.7. The fourth-order valence-electron chi connectivity index (χ4n) is 3.68. The van der Waals surface area contributed by atoms with Crippen LogP contribution in [-0.4, -0.2) is 26.0 Å². The van der Waals surface area contributed by atoms with Crippen LogP contribution in [0, 0.1) is 11.8 Å². The molecule has 0 heterocycles. The van der Waals surface area contributed by atoms with E-state index in [-0.39, 0.29) is 11.8 Å². The summed E-state index contributed by atoms with van der Waals surface area (Å²) >= 11 is 0. The minimum Gasteiger partial charge on any atom is -0.496 e. The third kappa shape index (κ3) is 1.90. The summed E-state index contributed by atoms with van der Waals surface area (Å²) < 4.78 is 10.0. The lowest BCUT2D eigenvalue weighted by molar-refractivity contribution is -0.123. The van der Waals surface area contributed by atoms with Crippen molar-refractivity contribution in [1.29, 1.82) is 0 Å². The number of carbonyl (C=O) groups excluding carboxylic acids is 2. The van der Waals surface area contributed by atoms with Gasteiger partial charge in [-0.1, -0.05) is 6.07 Å². The van der Waals surface area contributed by atoms with Crippen LogP contribution in [0.3, 0.4) is 0 Å². The molecule has 4 nitrogen and oxygen atoms in total. The highest BCUT2D eigenvalue weighted by Crippen LogP contribution is 2.50. The van der Waals surface area contributed by atoms with Crippen LogP contribution in [0.25, 0.3) is 0 Å². The van der Waals surface area contributed by atoms with Crippen LogP contribution in [-0.2, 0) is 9.53 Å². The van der Waals surface area contributed by atoms with Crippen LogP contribution in [0.1, 0.15) is 41.1 Å². The Labute approximate surface area is 118 Å². The molecule has 0 N–H and O–H groups in total. The first kappa shape index (κ1) is 13.2. The Morgan fingerprint density at radius 3 is 2.65 bits per heavy atom. The largest absolute Gasteiger partial charge is 0.496 e. The van der Waals surface area contributed by atoms with E-state index >= 15 is 0 Å². The van der Waals surface area contributed by atoms with Crippen molar-refractivity contribution in [2.45, 2.75) is 25.2 Å². The molecule has 20 heavy (non-hydrogen) atoms. The van der Waals surface area contributed by atoms with E-state index in [0.29, 0.717) is 23.0 Å². The van der Waals surface area contributed by atoms with E-state index in [4.69, 9.17) is 9.47 Å².